The molecule has 1 atom stereocenters. The SMILES string of the molecule is C=CCCc1ccc(-c2ccc(C3C=CC3)cc2)cc1. The fourth-order valence-electron chi connectivity index (χ4n) is 2.57. The van der Waals surface area contributed by atoms with Gasteiger partial charge in [-0.25, -0.2) is 0 Å². The van der Waals surface area contributed by atoms with E-state index < -0.39 is 0 Å². The van der Waals surface area contributed by atoms with E-state index in [2.05, 4.69) is 67.3 Å². The highest BCUT2D eigenvalue weighted by atomic mass is 14.2. The van der Waals surface area contributed by atoms with Crippen LogP contribution in [0.5, 0.6) is 0 Å². The Morgan fingerprint density at radius 1 is 0.950 bits per heavy atom. The summed E-state index contributed by atoms with van der Waals surface area (Å²) >= 11 is 0. The second kappa shape index (κ2) is 5.92. The summed E-state index contributed by atoms with van der Waals surface area (Å²) in [6.07, 6.45) is 9.81. The van der Waals surface area contributed by atoms with Gasteiger partial charge in [-0.2, -0.15) is 0 Å². The molecule has 0 amide bonds. The zero-order valence-electron chi connectivity index (χ0n) is 11.8. The van der Waals surface area contributed by atoms with Gasteiger partial charge in [0.25, 0.3) is 0 Å². The monoisotopic (exact) mass is 260 g/mol. The third-order valence-corrected chi connectivity index (χ3v) is 4.02. The number of aryl methyl sites for hydroxylation is 1. The number of benzene rings is 2. The number of allylic oxidation sites excluding steroid dienone is 3. The van der Waals surface area contributed by atoms with Crippen LogP contribution in [0.4, 0.5) is 0 Å². The van der Waals surface area contributed by atoms with Gasteiger partial charge >= 0.3 is 0 Å². The average molecular weight is 260 g/mol. The molecule has 0 bridgehead atoms. The van der Waals surface area contributed by atoms with Crippen LogP contribution in [0.1, 0.15) is 29.9 Å². The molecular weight excluding hydrogens is 240 g/mol. The predicted octanol–water partition coefficient (Wildman–Crippen LogP) is 5.52. The van der Waals surface area contributed by atoms with Crippen LogP contribution in [0.2, 0.25) is 0 Å². The van der Waals surface area contributed by atoms with Crippen LogP contribution in [0.3, 0.4) is 0 Å². The lowest BCUT2D eigenvalue weighted by Gasteiger charge is -2.18. The van der Waals surface area contributed by atoms with Gasteiger partial charge in [0.15, 0.2) is 0 Å². The first-order chi connectivity index (χ1) is 9.86. The fourth-order valence-corrected chi connectivity index (χ4v) is 2.57. The molecule has 0 fully saturated rings. The molecule has 100 valence electrons. The normalized spacial score (nSPS) is 16.7. The van der Waals surface area contributed by atoms with Crippen LogP contribution in [0.15, 0.2) is 73.3 Å². The van der Waals surface area contributed by atoms with E-state index in [0.717, 1.165) is 12.8 Å². The zero-order chi connectivity index (χ0) is 13.8. The second-order valence-corrected chi connectivity index (χ2v) is 5.42. The molecule has 20 heavy (non-hydrogen) atoms. The summed E-state index contributed by atoms with van der Waals surface area (Å²) in [5, 5.41) is 0. The Labute approximate surface area is 121 Å². The summed E-state index contributed by atoms with van der Waals surface area (Å²) < 4.78 is 0. The number of hydrogen-bond acceptors (Lipinski definition) is 0. The Bertz CT molecular complexity index is 599. The maximum atomic E-state index is 3.77. The van der Waals surface area contributed by atoms with E-state index >= 15 is 0 Å². The van der Waals surface area contributed by atoms with Gasteiger partial charge in [0.2, 0.25) is 0 Å². The largest absolute Gasteiger partial charge is 0.103 e. The van der Waals surface area contributed by atoms with Crippen LogP contribution in [0.25, 0.3) is 11.1 Å². The summed E-state index contributed by atoms with van der Waals surface area (Å²) in [4.78, 5) is 0. The van der Waals surface area contributed by atoms with Gasteiger partial charge in [0.1, 0.15) is 0 Å². The van der Waals surface area contributed by atoms with E-state index in [1.807, 2.05) is 6.08 Å². The van der Waals surface area contributed by atoms with Crippen molar-refractivity contribution in [2.75, 3.05) is 0 Å². The lowest BCUT2D eigenvalue weighted by Crippen LogP contribution is -2.00. The van der Waals surface area contributed by atoms with E-state index in [9.17, 15) is 0 Å². The summed E-state index contributed by atoms with van der Waals surface area (Å²) in [5.74, 6) is 0.644. The summed E-state index contributed by atoms with van der Waals surface area (Å²) in [6.45, 7) is 3.77. The molecule has 0 spiro atoms. The number of rotatable bonds is 5. The van der Waals surface area contributed by atoms with Gasteiger partial charge in [-0.1, -0.05) is 66.8 Å². The van der Waals surface area contributed by atoms with E-state index in [1.54, 1.807) is 0 Å². The molecule has 1 aliphatic rings. The van der Waals surface area contributed by atoms with Gasteiger partial charge in [0.05, 0.1) is 0 Å². The Balaban J connectivity index is 1.74. The molecule has 0 aliphatic heterocycles. The second-order valence-electron chi connectivity index (χ2n) is 5.42. The molecular formula is C20H20. The van der Waals surface area contributed by atoms with E-state index in [0.29, 0.717) is 5.92 Å². The van der Waals surface area contributed by atoms with Crippen LogP contribution in [-0.4, -0.2) is 0 Å². The highest BCUT2D eigenvalue weighted by molar-refractivity contribution is 5.64. The third-order valence-electron chi connectivity index (χ3n) is 4.02. The lowest BCUT2D eigenvalue weighted by molar-refractivity contribution is 0.794. The van der Waals surface area contributed by atoms with Crippen LogP contribution >= 0.6 is 0 Å². The molecule has 1 aliphatic carbocycles. The quantitative estimate of drug-likeness (QED) is 0.621. The van der Waals surface area contributed by atoms with Crippen molar-refractivity contribution in [1.82, 2.24) is 0 Å². The van der Waals surface area contributed by atoms with Crippen molar-refractivity contribution in [1.29, 1.82) is 0 Å². The molecule has 0 heteroatoms. The molecule has 0 aromatic heterocycles. The van der Waals surface area contributed by atoms with E-state index in [4.69, 9.17) is 0 Å². The van der Waals surface area contributed by atoms with Gasteiger partial charge in [-0.05, 0) is 41.5 Å². The topological polar surface area (TPSA) is 0 Å². The first kappa shape index (κ1) is 12.9. The Kier molecular flexibility index (Phi) is 3.83. The summed E-state index contributed by atoms with van der Waals surface area (Å²) in [5.41, 5.74) is 5.40. The minimum Gasteiger partial charge on any atom is -0.103 e. The Morgan fingerprint density at radius 2 is 1.55 bits per heavy atom. The van der Waals surface area contributed by atoms with Crippen molar-refractivity contribution in [3.63, 3.8) is 0 Å². The highest BCUT2D eigenvalue weighted by Crippen LogP contribution is 2.30. The van der Waals surface area contributed by atoms with Gasteiger partial charge in [-0.3, -0.25) is 0 Å². The average Bonchev–Trinajstić information content (AvgIpc) is 2.45. The number of hydrogen-bond donors (Lipinski definition) is 0. The minimum atomic E-state index is 0.644. The fraction of sp³-hybridized carbons (Fsp3) is 0.200. The maximum absolute atomic E-state index is 3.77. The molecule has 2 aromatic carbocycles. The van der Waals surface area contributed by atoms with Crippen molar-refractivity contribution in [3.8, 4) is 11.1 Å². The van der Waals surface area contributed by atoms with Crippen LogP contribution < -0.4 is 0 Å². The van der Waals surface area contributed by atoms with E-state index in [-0.39, 0.29) is 0 Å². The van der Waals surface area contributed by atoms with Crippen molar-refractivity contribution in [2.45, 2.75) is 25.2 Å². The lowest BCUT2D eigenvalue weighted by atomic mass is 9.87. The molecule has 2 aromatic rings. The minimum absolute atomic E-state index is 0.644. The Morgan fingerprint density at radius 3 is 2.05 bits per heavy atom. The van der Waals surface area contributed by atoms with Gasteiger partial charge in [-0.15, -0.1) is 6.58 Å². The first-order valence-corrected chi connectivity index (χ1v) is 7.33. The van der Waals surface area contributed by atoms with Crippen LogP contribution in [0, 0.1) is 0 Å². The molecule has 0 heterocycles. The van der Waals surface area contributed by atoms with Crippen molar-refractivity contribution in [2.24, 2.45) is 0 Å². The molecule has 0 radical (unpaired) electrons. The van der Waals surface area contributed by atoms with E-state index in [1.165, 1.54) is 28.7 Å². The highest BCUT2D eigenvalue weighted by Gasteiger charge is 2.12. The maximum Gasteiger partial charge on any atom is 0.00524 e. The third kappa shape index (κ3) is 2.75. The standard InChI is InChI=1S/C20H20/c1-2-3-5-16-8-10-18(11-9-16)20-14-12-19(13-15-20)17-6-4-7-17/h2,4,6,8-15,17H,1,3,5,7H2. The summed E-state index contributed by atoms with van der Waals surface area (Å²) in [7, 11) is 0. The first-order valence-electron chi connectivity index (χ1n) is 7.33. The van der Waals surface area contributed by atoms with Crippen molar-refractivity contribution < 1.29 is 0 Å². The van der Waals surface area contributed by atoms with Gasteiger partial charge in [0, 0.05) is 5.92 Å². The molecule has 3 rings (SSSR count). The van der Waals surface area contributed by atoms with Crippen molar-refractivity contribution >= 4 is 0 Å². The van der Waals surface area contributed by atoms with Gasteiger partial charge < -0.3 is 0 Å². The summed E-state index contributed by atoms with van der Waals surface area (Å²) in [6, 6.07) is 17.9. The van der Waals surface area contributed by atoms with Crippen LogP contribution in [-0.2, 0) is 6.42 Å². The zero-order valence-corrected chi connectivity index (χ0v) is 11.8. The Hall–Kier alpha value is -2.08. The molecule has 0 saturated carbocycles. The molecule has 0 nitrogen and oxygen atoms in total. The smallest absolute Gasteiger partial charge is 0.00524 e. The molecule has 0 N–H and O–H groups in total. The van der Waals surface area contributed by atoms with Crippen molar-refractivity contribution in [3.05, 3.63) is 84.5 Å². The molecule has 0 saturated heterocycles. The predicted molar refractivity (Wildman–Crippen MR) is 86.9 cm³/mol. The molecule has 1 unspecified atom stereocenters.